The van der Waals surface area contributed by atoms with Crippen molar-refractivity contribution in [2.45, 2.75) is 33.4 Å². The molecule has 1 aliphatic rings. The van der Waals surface area contributed by atoms with Gasteiger partial charge in [0.2, 0.25) is 0 Å². The molecule has 3 aromatic rings. The maximum absolute atomic E-state index is 13.1. The number of nitrogens with zero attached hydrogens (tertiary/aromatic N) is 3. The van der Waals surface area contributed by atoms with Crippen molar-refractivity contribution in [2.75, 3.05) is 6.54 Å². The number of carbonyl (C=O) groups excluding carboxylic acids is 1. The van der Waals surface area contributed by atoms with Crippen LogP contribution >= 0.6 is 0 Å². The summed E-state index contributed by atoms with van der Waals surface area (Å²) in [6.07, 6.45) is 3.70. The van der Waals surface area contributed by atoms with E-state index < -0.39 is 11.9 Å². The summed E-state index contributed by atoms with van der Waals surface area (Å²) in [6, 6.07) is 8.20. The number of hydrogen-bond acceptors (Lipinski definition) is 4. The van der Waals surface area contributed by atoms with Gasteiger partial charge >= 0.3 is 11.9 Å². The number of nitrogens with one attached hydrogen (secondary N) is 1. The third kappa shape index (κ3) is 4.66. The van der Waals surface area contributed by atoms with Gasteiger partial charge in [-0.15, -0.1) is 0 Å². The summed E-state index contributed by atoms with van der Waals surface area (Å²) >= 11 is 0. The van der Waals surface area contributed by atoms with E-state index in [9.17, 15) is 14.4 Å². The van der Waals surface area contributed by atoms with Gasteiger partial charge in [-0.1, -0.05) is 18.2 Å². The normalized spacial score (nSPS) is 13.2. The van der Waals surface area contributed by atoms with Crippen molar-refractivity contribution in [3.05, 3.63) is 65.4 Å². The molecule has 2 aromatic heterocycles. The van der Waals surface area contributed by atoms with Gasteiger partial charge in [-0.3, -0.25) is 4.79 Å². The molecular weight excluding hydrogens is 400 g/mol. The first-order valence-corrected chi connectivity index (χ1v) is 9.85. The molecule has 9 heteroatoms. The molecule has 3 heterocycles. The fourth-order valence-electron chi connectivity index (χ4n) is 3.74. The zero-order chi connectivity index (χ0) is 22.5. The monoisotopic (exact) mass is 424 g/mol. The summed E-state index contributed by atoms with van der Waals surface area (Å²) in [7, 11) is 0. The highest BCUT2D eigenvalue weighted by Gasteiger charge is 2.30. The average molecular weight is 424 g/mol. The lowest BCUT2D eigenvalue weighted by molar-refractivity contribution is -0.134. The van der Waals surface area contributed by atoms with Gasteiger partial charge in [-0.25, -0.2) is 14.6 Å². The number of aromatic amines is 1. The number of aryl methyl sites for hydroxylation is 2. The number of para-hydroxylation sites is 1. The zero-order valence-electron chi connectivity index (χ0n) is 17.3. The van der Waals surface area contributed by atoms with Crippen molar-refractivity contribution >= 4 is 28.7 Å². The zero-order valence-corrected chi connectivity index (χ0v) is 17.3. The maximum atomic E-state index is 13.1. The van der Waals surface area contributed by atoms with Crippen molar-refractivity contribution in [2.24, 2.45) is 0 Å². The number of aliphatic carboxylic acids is 2. The second kappa shape index (κ2) is 9.29. The van der Waals surface area contributed by atoms with E-state index in [-0.39, 0.29) is 5.91 Å². The lowest BCUT2D eigenvalue weighted by Crippen LogP contribution is -2.37. The van der Waals surface area contributed by atoms with Crippen LogP contribution in [0, 0.1) is 6.92 Å². The standard InChI is InChI=1S/C18H20N4O.C4H4O4/c1-3-22-15-7-5-4-6-13(15)17-16(22)8-9-21(18(17)23)10-14-12(2)19-11-20-14;5-3(6)1-2-4(7)8/h4-7,11H,3,8-10H2,1-2H3,(H,19,20);1-2H,(H,5,6)(H,7,8). The number of fused-ring (bicyclic) bond motifs is 3. The first kappa shape index (κ1) is 21.8. The third-order valence-electron chi connectivity index (χ3n) is 5.16. The highest BCUT2D eigenvalue weighted by molar-refractivity contribution is 6.09. The predicted molar refractivity (Wildman–Crippen MR) is 114 cm³/mol. The fourth-order valence-corrected chi connectivity index (χ4v) is 3.74. The van der Waals surface area contributed by atoms with E-state index in [0.717, 1.165) is 47.4 Å². The first-order chi connectivity index (χ1) is 14.8. The lowest BCUT2D eigenvalue weighted by atomic mass is 10.0. The number of rotatable bonds is 5. The van der Waals surface area contributed by atoms with Gasteiger partial charge in [0.1, 0.15) is 0 Å². The molecule has 0 saturated carbocycles. The summed E-state index contributed by atoms with van der Waals surface area (Å²) < 4.78 is 2.28. The van der Waals surface area contributed by atoms with Gasteiger partial charge in [0.25, 0.3) is 5.91 Å². The molecule has 0 spiro atoms. The Morgan fingerprint density at radius 1 is 1.19 bits per heavy atom. The Bertz CT molecular complexity index is 1140. The number of benzene rings is 1. The molecular formula is C22H24N4O5. The van der Waals surface area contributed by atoms with Crippen LogP contribution in [0.25, 0.3) is 10.9 Å². The number of carboxylic acid groups (broad SMARTS) is 2. The van der Waals surface area contributed by atoms with Crippen LogP contribution in [0.5, 0.6) is 0 Å². The average Bonchev–Trinajstić information content (AvgIpc) is 3.29. The van der Waals surface area contributed by atoms with Gasteiger partial charge < -0.3 is 24.7 Å². The van der Waals surface area contributed by atoms with Crippen LogP contribution < -0.4 is 0 Å². The molecule has 31 heavy (non-hydrogen) atoms. The molecule has 1 aliphatic heterocycles. The van der Waals surface area contributed by atoms with Gasteiger partial charge in [0, 0.05) is 54.0 Å². The number of aromatic nitrogens is 3. The maximum Gasteiger partial charge on any atom is 0.328 e. The van der Waals surface area contributed by atoms with E-state index in [1.54, 1.807) is 6.33 Å². The molecule has 0 unspecified atom stereocenters. The minimum Gasteiger partial charge on any atom is -0.478 e. The predicted octanol–water partition coefficient (Wildman–Crippen LogP) is 2.60. The van der Waals surface area contributed by atoms with Gasteiger partial charge in [0.05, 0.1) is 24.1 Å². The van der Waals surface area contributed by atoms with Crippen molar-refractivity contribution in [1.29, 1.82) is 0 Å². The summed E-state index contributed by atoms with van der Waals surface area (Å²) in [5.41, 5.74) is 5.18. The van der Waals surface area contributed by atoms with E-state index in [1.807, 2.05) is 24.0 Å². The van der Waals surface area contributed by atoms with Gasteiger partial charge in [0.15, 0.2) is 0 Å². The smallest absolute Gasteiger partial charge is 0.328 e. The number of H-pyrrole nitrogens is 1. The summed E-state index contributed by atoms with van der Waals surface area (Å²) in [5.74, 6) is -2.39. The Labute approximate surface area is 178 Å². The SMILES string of the molecule is CCn1c2c(c3ccccc31)C(=O)N(Cc1nc[nH]c1C)CC2.O=C(O)C=CC(=O)O. The highest BCUT2D eigenvalue weighted by Crippen LogP contribution is 2.31. The van der Waals surface area contributed by atoms with Crippen molar-refractivity contribution < 1.29 is 24.6 Å². The molecule has 0 radical (unpaired) electrons. The van der Waals surface area contributed by atoms with Crippen LogP contribution in [-0.4, -0.2) is 54.0 Å². The molecule has 0 bridgehead atoms. The topological polar surface area (TPSA) is 129 Å². The molecule has 4 rings (SSSR count). The Morgan fingerprint density at radius 2 is 1.87 bits per heavy atom. The van der Waals surface area contributed by atoms with Crippen molar-refractivity contribution in [3.8, 4) is 0 Å². The highest BCUT2D eigenvalue weighted by atomic mass is 16.4. The molecule has 3 N–H and O–H groups in total. The Balaban J connectivity index is 0.000000293. The van der Waals surface area contributed by atoms with E-state index >= 15 is 0 Å². The minimum atomic E-state index is -1.26. The molecule has 1 amide bonds. The molecule has 1 aromatic carbocycles. The van der Waals surface area contributed by atoms with Crippen molar-refractivity contribution in [3.63, 3.8) is 0 Å². The van der Waals surface area contributed by atoms with Crippen molar-refractivity contribution in [1.82, 2.24) is 19.4 Å². The van der Waals surface area contributed by atoms with Crippen LogP contribution in [0.2, 0.25) is 0 Å². The fraction of sp³-hybridized carbons (Fsp3) is 0.273. The van der Waals surface area contributed by atoms with E-state index in [1.165, 1.54) is 5.69 Å². The van der Waals surface area contributed by atoms with E-state index in [0.29, 0.717) is 18.7 Å². The Hall–Kier alpha value is -3.88. The van der Waals surface area contributed by atoms with Gasteiger partial charge in [-0.05, 0) is 19.9 Å². The van der Waals surface area contributed by atoms with Crippen LogP contribution in [0.4, 0.5) is 0 Å². The Morgan fingerprint density at radius 3 is 2.45 bits per heavy atom. The molecule has 0 atom stereocenters. The van der Waals surface area contributed by atoms with Crippen LogP contribution in [0.1, 0.15) is 34.4 Å². The summed E-state index contributed by atoms with van der Waals surface area (Å²) in [6.45, 7) is 6.33. The van der Waals surface area contributed by atoms with E-state index in [2.05, 4.69) is 33.6 Å². The lowest BCUT2D eigenvalue weighted by Gasteiger charge is -2.27. The molecule has 162 valence electrons. The summed E-state index contributed by atoms with van der Waals surface area (Å²) in [5, 5.41) is 16.7. The van der Waals surface area contributed by atoms with Crippen LogP contribution in [0.3, 0.4) is 0 Å². The van der Waals surface area contributed by atoms with Gasteiger partial charge in [-0.2, -0.15) is 0 Å². The first-order valence-electron chi connectivity index (χ1n) is 9.85. The van der Waals surface area contributed by atoms with Crippen LogP contribution in [0.15, 0.2) is 42.7 Å². The molecule has 9 nitrogen and oxygen atoms in total. The molecule has 0 fully saturated rings. The Kier molecular flexibility index (Phi) is 6.54. The second-order valence-electron chi connectivity index (χ2n) is 7.04. The number of amides is 1. The van der Waals surface area contributed by atoms with E-state index in [4.69, 9.17) is 10.2 Å². The van der Waals surface area contributed by atoms with Crippen LogP contribution in [-0.2, 0) is 29.1 Å². The number of hydrogen-bond donors (Lipinski definition) is 3. The second-order valence-corrected chi connectivity index (χ2v) is 7.04. The number of carbonyl (C=O) groups is 3. The quantitative estimate of drug-likeness (QED) is 0.540. The minimum absolute atomic E-state index is 0.122. The summed E-state index contributed by atoms with van der Waals surface area (Å²) in [4.78, 5) is 41.5. The number of carboxylic acids is 2. The molecule has 0 aliphatic carbocycles. The largest absolute Gasteiger partial charge is 0.478 e. The third-order valence-corrected chi connectivity index (χ3v) is 5.16. The molecule has 0 saturated heterocycles. The number of imidazole rings is 1.